The van der Waals surface area contributed by atoms with Crippen molar-refractivity contribution in [1.82, 2.24) is 29.7 Å². The summed E-state index contributed by atoms with van der Waals surface area (Å²) in [5.41, 5.74) is 5.69. The first kappa shape index (κ1) is 27.0. The lowest BCUT2D eigenvalue weighted by atomic mass is 10.2. The van der Waals surface area contributed by atoms with E-state index in [-0.39, 0.29) is 17.6 Å². The number of hydrogen-bond donors (Lipinski definition) is 2. The third-order valence-corrected chi connectivity index (χ3v) is 7.10. The molecule has 3 atom stereocenters. The van der Waals surface area contributed by atoms with E-state index in [2.05, 4.69) is 29.9 Å². The second kappa shape index (κ2) is 11.4. The van der Waals surface area contributed by atoms with E-state index in [4.69, 9.17) is 26.8 Å². The number of pyridine rings is 1. The van der Waals surface area contributed by atoms with Crippen LogP contribution in [0.5, 0.6) is 5.88 Å². The van der Waals surface area contributed by atoms with Crippen LogP contribution in [0.3, 0.4) is 0 Å². The van der Waals surface area contributed by atoms with Crippen LogP contribution < -0.4 is 15.2 Å². The molecule has 0 saturated heterocycles. The van der Waals surface area contributed by atoms with Crippen LogP contribution >= 0.6 is 11.6 Å². The van der Waals surface area contributed by atoms with Gasteiger partial charge in [0.25, 0.3) is 0 Å². The fourth-order valence-electron chi connectivity index (χ4n) is 3.28. The van der Waals surface area contributed by atoms with Crippen molar-refractivity contribution in [1.29, 1.82) is 0 Å². The van der Waals surface area contributed by atoms with Crippen molar-refractivity contribution in [3.63, 3.8) is 0 Å². The van der Waals surface area contributed by atoms with Gasteiger partial charge in [-0.25, -0.2) is 23.4 Å². The number of aromatic nitrogens is 6. The molecular weight excluding hydrogens is 512 g/mol. The van der Waals surface area contributed by atoms with Crippen LogP contribution in [0.4, 0.5) is 5.95 Å². The summed E-state index contributed by atoms with van der Waals surface area (Å²) >= 11 is 5.84. The van der Waals surface area contributed by atoms with E-state index in [0.717, 1.165) is 12.3 Å². The maximum absolute atomic E-state index is 13.3. The highest BCUT2D eigenvalue weighted by molar-refractivity contribution is 7.93. The molecule has 0 unspecified atom stereocenters. The summed E-state index contributed by atoms with van der Waals surface area (Å²) < 4.78 is 41.0. The number of halogens is 1. The summed E-state index contributed by atoms with van der Waals surface area (Å²) in [5.74, 6) is -0.0718. The number of ketones is 1. The number of methoxy groups -OCH3 is 2. The number of nitrogens with two attached hydrogens (primary N) is 1. The summed E-state index contributed by atoms with van der Waals surface area (Å²) in [6.07, 6.45) is 3.90. The zero-order chi connectivity index (χ0) is 26.5. The summed E-state index contributed by atoms with van der Waals surface area (Å²) in [5, 5.41) is 7.20. The average Bonchev–Trinajstić information content (AvgIpc) is 3.27. The quantitative estimate of drug-likeness (QED) is 0.342. The fourth-order valence-corrected chi connectivity index (χ4v) is 4.51. The molecule has 3 heterocycles. The number of anilines is 1. The van der Waals surface area contributed by atoms with Crippen molar-refractivity contribution < 1.29 is 22.7 Å². The highest BCUT2D eigenvalue weighted by atomic mass is 35.5. The zero-order valence-corrected chi connectivity index (χ0v) is 21.4. The Bertz CT molecular complexity index is 1350. The van der Waals surface area contributed by atoms with Gasteiger partial charge in [0.15, 0.2) is 17.4 Å². The summed E-state index contributed by atoms with van der Waals surface area (Å²) in [6, 6.07) is 3.99. The average molecular weight is 537 g/mol. The fraction of sp³-hybridized carbons (Fsp3) is 0.333. The number of sulfonamides is 1. The molecule has 0 amide bonds. The second-order valence-corrected chi connectivity index (χ2v) is 9.96. The Morgan fingerprint density at radius 1 is 1.19 bits per heavy atom. The number of carbonyl (C=O) groups is 1. The Morgan fingerprint density at radius 3 is 2.50 bits per heavy atom. The van der Waals surface area contributed by atoms with E-state index in [1.54, 1.807) is 25.1 Å². The monoisotopic (exact) mass is 536 g/mol. The van der Waals surface area contributed by atoms with E-state index >= 15 is 0 Å². The van der Waals surface area contributed by atoms with Gasteiger partial charge in [0.2, 0.25) is 21.9 Å². The normalized spacial score (nSPS) is 14.4. The topological polar surface area (TPSA) is 177 Å². The Kier molecular flexibility index (Phi) is 8.55. The highest BCUT2D eigenvalue weighted by Crippen LogP contribution is 2.29. The lowest BCUT2D eigenvalue weighted by Gasteiger charge is -2.23. The van der Waals surface area contributed by atoms with Gasteiger partial charge in [-0.3, -0.25) is 14.1 Å². The van der Waals surface area contributed by atoms with Crippen molar-refractivity contribution >= 4 is 33.4 Å². The molecule has 0 saturated carbocycles. The molecule has 36 heavy (non-hydrogen) atoms. The molecule has 0 aromatic carbocycles. The van der Waals surface area contributed by atoms with Gasteiger partial charge in [-0.05, 0) is 32.2 Å². The van der Waals surface area contributed by atoms with E-state index in [1.165, 1.54) is 38.1 Å². The first-order chi connectivity index (χ1) is 17.1. The predicted octanol–water partition coefficient (Wildman–Crippen LogP) is 1.91. The number of carbonyl (C=O) groups excluding carboxylic acids is 1. The van der Waals surface area contributed by atoms with Crippen LogP contribution in [-0.2, 0) is 19.6 Å². The summed E-state index contributed by atoms with van der Waals surface area (Å²) in [6.45, 7) is 2.97. The minimum atomic E-state index is -4.17. The third-order valence-electron chi connectivity index (χ3n) is 5.22. The number of nitrogens with one attached hydrogen (secondary N) is 1. The van der Waals surface area contributed by atoms with Crippen molar-refractivity contribution in [3.8, 4) is 17.4 Å². The lowest BCUT2D eigenvalue weighted by molar-refractivity contribution is -0.117. The molecule has 192 valence electrons. The first-order valence-corrected chi connectivity index (χ1v) is 12.5. The van der Waals surface area contributed by atoms with E-state index in [1.807, 2.05) is 0 Å². The van der Waals surface area contributed by atoms with Gasteiger partial charge in [0, 0.05) is 25.6 Å². The lowest BCUT2D eigenvalue weighted by Crippen LogP contribution is -2.34. The molecule has 0 bridgehead atoms. The van der Waals surface area contributed by atoms with Crippen LogP contribution in [0.2, 0.25) is 5.02 Å². The predicted molar refractivity (Wildman–Crippen MR) is 132 cm³/mol. The molecule has 0 aliphatic heterocycles. The van der Waals surface area contributed by atoms with Crippen LogP contribution in [0.25, 0.3) is 11.5 Å². The smallest absolute Gasteiger partial charge is 0.240 e. The largest absolute Gasteiger partial charge is 0.481 e. The molecule has 3 aromatic rings. The van der Waals surface area contributed by atoms with Crippen molar-refractivity contribution in [3.05, 3.63) is 53.7 Å². The molecule has 13 nitrogen and oxygen atoms in total. The molecule has 3 rings (SSSR count). The SMILES string of the molecule is COc1cccc(-c2nnc(NS(=O)(=O)[C@@H](C)[C@H](OC)c3ncc(Cl)cn3)n2[C@H](C)C(=O)C=CN)n1. The Labute approximate surface area is 212 Å². The van der Waals surface area contributed by atoms with E-state index < -0.39 is 33.2 Å². The number of allylic oxidation sites excluding steroid dienone is 1. The molecule has 0 aliphatic rings. The minimum Gasteiger partial charge on any atom is -0.481 e. The van der Waals surface area contributed by atoms with Crippen LogP contribution in [0, 0.1) is 0 Å². The minimum absolute atomic E-state index is 0.124. The Balaban J connectivity index is 2.04. The molecule has 0 spiro atoms. The standard InChI is InChI=1S/C21H25ClN8O5S/c1-12(16(31)8-9-23)30-20(15-6-5-7-17(26-15)34-3)27-28-21(30)29-36(32,33)13(2)18(35-4)19-24-10-14(22)11-25-19/h5-13,18H,23H2,1-4H3,(H,28,29)/t12-,13+,18+/m1/s1. The Morgan fingerprint density at radius 2 is 1.89 bits per heavy atom. The Hall–Kier alpha value is -3.62. The molecule has 3 N–H and O–H groups in total. The third kappa shape index (κ3) is 5.78. The number of rotatable bonds is 11. The first-order valence-electron chi connectivity index (χ1n) is 10.5. The maximum Gasteiger partial charge on any atom is 0.240 e. The molecule has 0 fully saturated rings. The van der Waals surface area contributed by atoms with Gasteiger partial charge in [-0.1, -0.05) is 17.7 Å². The van der Waals surface area contributed by atoms with Gasteiger partial charge in [0.1, 0.15) is 17.0 Å². The van der Waals surface area contributed by atoms with Crippen LogP contribution in [-0.4, -0.2) is 63.4 Å². The van der Waals surface area contributed by atoms with Gasteiger partial charge in [-0.2, -0.15) is 0 Å². The number of nitrogens with zero attached hydrogens (tertiary/aromatic N) is 6. The molecule has 15 heteroatoms. The van der Waals surface area contributed by atoms with Gasteiger partial charge in [0.05, 0.1) is 18.2 Å². The maximum atomic E-state index is 13.3. The van der Waals surface area contributed by atoms with Crippen LogP contribution in [0.15, 0.2) is 42.9 Å². The summed E-state index contributed by atoms with van der Waals surface area (Å²) in [4.78, 5) is 25.1. The van der Waals surface area contributed by atoms with Crippen molar-refractivity contribution in [2.45, 2.75) is 31.2 Å². The zero-order valence-electron chi connectivity index (χ0n) is 19.9. The van der Waals surface area contributed by atoms with Crippen molar-refractivity contribution in [2.24, 2.45) is 5.73 Å². The number of hydrogen-bond acceptors (Lipinski definition) is 11. The molecular formula is C21H25ClN8O5S. The second-order valence-electron chi connectivity index (χ2n) is 7.49. The van der Waals surface area contributed by atoms with Crippen LogP contribution in [0.1, 0.15) is 31.8 Å². The van der Waals surface area contributed by atoms with E-state index in [9.17, 15) is 13.2 Å². The van der Waals surface area contributed by atoms with Gasteiger partial charge >= 0.3 is 0 Å². The van der Waals surface area contributed by atoms with Crippen molar-refractivity contribution in [2.75, 3.05) is 18.9 Å². The molecule has 3 aromatic heterocycles. The number of ether oxygens (including phenoxy) is 2. The van der Waals surface area contributed by atoms with E-state index in [0.29, 0.717) is 16.6 Å². The molecule has 0 aliphatic carbocycles. The molecule has 0 radical (unpaired) electrons. The highest BCUT2D eigenvalue weighted by Gasteiger charge is 2.35. The summed E-state index contributed by atoms with van der Waals surface area (Å²) in [7, 11) is -1.38. The van der Waals surface area contributed by atoms with Gasteiger partial charge in [-0.15, -0.1) is 10.2 Å². The van der Waals surface area contributed by atoms with Gasteiger partial charge < -0.3 is 15.2 Å².